The van der Waals surface area contributed by atoms with Gasteiger partial charge in [0.1, 0.15) is 11.3 Å². The van der Waals surface area contributed by atoms with Gasteiger partial charge in [-0.25, -0.2) is 8.42 Å². The fraction of sp³-hybridized carbons (Fsp3) is 0.278. The lowest BCUT2D eigenvalue weighted by Crippen LogP contribution is -2.48. The Kier molecular flexibility index (Phi) is 4.29. The number of para-hydroxylation sites is 2. The summed E-state index contributed by atoms with van der Waals surface area (Å²) in [4.78, 5) is 6.72. The van der Waals surface area contributed by atoms with E-state index in [2.05, 4.69) is 4.98 Å². The number of anilines is 1. The second kappa shape index (κ2) is 6.62. The third-order valence-corrected chi connectivity index (χ3v) is 6.40. The topological polar surface area (TPSA) is 75.9 Å². The Morgan fingerprint density at radius 3 is 2.35 bits per heavy atom. The minimum atomic E-state index is -3.52. The Morgan fingerprint density at radius 2 is 1.69 bits per heavy atom. The average molecular weight is 373 g/mol. The maximum Gasteiger partial charge on any atom is 0.298 e. The molecule has 26 heavy (non-hydrogen) atoms. The number of aromatic nitrogens is 1. The van der Waals surface area contributed by atoms with Gasteiger partial charge in [0, 0.05) is 26.2 Å². The molecule has 0 aliphatic carbocycles. The van der Waals surface area contributed by atoms with Gasteiger partial charge >= 0.3 is 0 Å². The third kappa shape index (κ3) is 3.02. The van der Waals surface area contributed by atoms with Crippen LogP contribution in [-0.2, 0) is 10.0 Å². The molecule has 0 unspecified atom stereocenters. The lowest BCUT2D eigenvalue weighted by molar-refractivity contribution is 0.373. The molecule has 136 valence electrons. The highest BCUT2D eigenvalue weighted by Crippen LogP contribution is 2.25. The summed E-state index contributed by atoms with van der Waals surface area (Å²) in [5.41, 5.74) is 1.53. The van der Waals surface area contributed by atoms with Crippen LogP contribution in [0.3, 0.4) is 0 Å². The lowest BCUT2D eigenvalue weighted by Gasteiger charge is -2.33. The van der Waals surface area contributed by atoms with Gasteiger partial charge in [-0.05, 0) is 36.4 Å². The van der Waals surface area contributed by atoms with E-state index in [9.17, 15) is 8.42 Å². The zero-order valence-corrected chi connectivity index (χ0v) is 15.1. The van der Waals surface area contributed by atoms with Crippen LogP contribution in [0.1, 0.15) is 0 Å². The van der Waals surface area contributed by atoms with Gasteiger partial charge in [-0.3, -0.25) is 0 Å². The van der Waals surface area contributed by atoms with Crippen molar-refractivity contribution in [2.24, 2.45) is 0 Å². The number of methoxy groups -OCH3 is 1. The molecule has 2 heterocycles. The normalized spacial score (nSPS) is 16.1. The largest absolute Gasteiger partial charge is 0.497 e. The fourth-order valence-corrected chi connectivity index (χ4v) is 4.43. The number of oxazole rings is 1. The molecule has 4 rings (SSSR count). The molecule has 3 aromatic rings. The number of hydrogen-bond donors (Lipinski definition) is 0. The van der Waals surface area contributed by atoms with Crippen molar-refractivity contribution in [1.82, 2.24) is 9.29 Å². The Bertz CT molecular complexity index is 973. The first-order valence-electron chi connectivity index (χ1n) is 8.33. The van der Waals surface area contributed by atoms with Crippen LogP contribution in [0.4, 0.5) is 6.01 Å². The van der Waals surface area contributed by atoms with E-state index < -0.39 is 10.0 Å². The van der Waals surface area contributed by atoms with E-state index in [0.717, 1.165) is 11.1 Å². The summed E-state index contributed by atoms with van der Waals surface area (Å²) in [6.45, 7) is 1.82. The quantitative estimate of drug-likeness (QED) is 0.699. The standard InChI is InChI=1S/C18H19N3O4S/c1-24-14-6-8-15(9-7-14)26(22,23)21-12-10-20(11-13-21)18-19-16-4-2-3-5-17(16)25-18/h2-9H,10-13H2,1H3. The molecule has 0 saturated carbocycles. The highest BCUT2D eigenvalue weighted by molar-refractivity contribution is 7.89. The first kappa shape index (κ1) is 16.9. The molecule has 1 aliphatic rings. The summed E-state index contributed by atoms with van der Waals surface area (Å²) in [6.07, 6.45) is 0. The van der Waals surface area contributed by atoms with Gasteiger partial charge < -0.3 is 14.1 Å². The number of fused-ring (bicyclic) bond motifs is 1. The Morgan fingerprint density at radius 1 is 1.00 bits per heavy atom. The van der Waals surface area contributed by atoms with Gasteiger partial charge in [-0.15, -0.1) is 0 Å². The molecule has 1 aliphatic heterocycles. The predicted octanol–water partition coefficient (Wildman–Crippen LogP) is 2.35. The van der Waals surface area contributed by atoms with E-state index >= 15 is 0 Å². The monoisotopic (exact) mass is 373 g/mol. The number of rotatable bonds is 4. The minimum Gasteiger partial charge on any atom is -0.497 e. The van der Waals surface area contributed by atoms with Crippen molar-refractivity contribution in [3.63, 3.8) is 0 Å². The number of hydrogen-bond acceptors (Lipinski definition) is 6. The van der Waals surface area contributed by atoms with Crippen molar-refractivity contribution < 1.29 is 17.6 Å². The van der Waals surface area contributed by atoms with Crippen LogP contribution >= 0.6 is 0 Å². The summed E-state index contributed by atoms with van der Waals surface area (Å²) < 4.78 is 37.9. The van der Waals surface area contributed by atoms with Crippen molar-refractivity contribution in [2.75, 3.05) is 38.2 Å². The molecular formula is C18H19N3O4S. The Hall–Kier alpha value is -2.58. The molecule has 1 fully saturated rings. The van der Waals surface area contributed by atoms with E-state index in [1.807, 2.05) is 29.2 Å². The van der Waals surface area contributed by atoms with Crippen LogP contribution in [0, 0.1) is 0 Å². The Balaban J connectivity index is 1.48. The Labute approximate surface area is 151 Å². The molecule has 0 N–H and O–H groups in total. The maximum atomic E-state index is 12.8. The second-order valence-electron chi connectivity index (χ2n) is 6.03. The highest BCUT2D eigenvalue weighted by atomic mass is 32.2. The lowest BCUT2D eigenvalue weighted by atomic mass is 10.3. The van der Waals surface area contributed by atoms with E-state index in [0.29, 0.717) is 37.9 Å². The van der Waals surface area contributed by atoms with Gasteiger partial charge in [-0.2, -0.15) is 9.29 Å². The predicted molar refractivity (Wildman–Crippen MR) is 98.0 cm³/mol. The van der Waals surface area contributed by atoms with Crippen LogP contribution in [0.5, 0.6) is 5.75 Å². The summed E-state index contributed by atoms with van der Waals surface area (Å²) in [5, 5.41) is 0. The van der Waals surface area contributed by atoms with Gasteiger partial charge in [-0.1, -0.05) is 12.1 Å². The van der Waals surface area contributed by atoms with Crippen molar-refractivity contribution in [3.05, 3.63) is 48.5 Å². The summed E-state index contributed by atoms with van der Waals surface area (Å²) in [7, 11) is -1.97. The molecular weight excluding hydrogens is 354 g/mol. The molecule has 0 amide bonds. The van der Waals surface area contributed by atoms with E-state index in [-0.39, 0.29) is 4.90 Å². The summed E-state index contributed by atoms with van der Waals surface area (Å²) in [6, 6.07) is 14.6. The summed E-state index contributed by atoms with van der Waals surface area (Å²) >= 11 is 0. The number of nitrogens with zero attached hydrogens (tertiary/aromatic N) is 3. The molecule has 7 nitrogen and oxygen atoms in total. The summed E-state index contributed by atoms with van der Waals surface area (Å²) in [5.74, 6) is 0.629. The zero-order chi connectivity index (χ0) is 18.1. The zero-order valence-electron chi connectivity index (χ0n) is 14.3. The molecule has 8 heteroatoms. The van der Waals surface area contributed by atoms with E-state index in [1.165, 1.54) is 4.31 Å². The van der Waals surface area contributed by atoms with Crippen LogP contribution in [0.2, 0.25) is 0 Å². The van der Waals surface area contributed by atoms with Crippen molar-refractivity contribution in [3.8, 4) is 5.75 Å². The van der Waals surface area contributed by atoms with E-state index in [4.69, 9.17) is 9.15 Å². The molecule has 0 bridgehead atoms. The van der Waals surface area contributed by atoms with Crippen LogP contribution in [-0.4, -0.2) is 51.0 Å². The molecule has 0 atom stereocenters. The van der Waals surface area contributed by atoms with Crippen molar-refractivity contribution in [1.29, 1.82) is 0 Å². The molecule has 1 aromatic heterocycles. The molecule has 2 aromatic carbocycles. The number of sulfonamides is 1. The van der Waals surface area contributed by atoms with Crippen molar-refractivity contribution in [2.45, 2.75) is 4.90 Å². The van der Waals surface area contributed by atoms with Gasteiger partial charge in [0.25, 0.3) is 6.01 Å². The number of benzene rings is 2. The molecule has 1 saturated heterocycles. The third-order valence-electron chi connectivity index (χ3n) is 4.49. The first-order chi connectivity index (χ1) is 12.6. The number of piperazine rings is 1. The maximum absolute atomic E-state index is 12.8. The second-order valence-corrected chi connectivity index (χ2v) is 7.97. The van der Waals surface area contributed by atoms with E-state index in [1.54, 1.807) is 31.4 Å². The van der Waals surface area contributed by atoms with Crippen LogP contribution < -0.4 is 9.64 Å². The molecule has 0 spiro atoms. The van der Waals surface area contributed by atoms with Gasteiger partial charge in [0.2, 0.25) is 10.0 Å². The fourth-order valence-electron chi connectivity index (χ4n) is 3.01. The van der Waals surface area contributed by atoms with Gasteiger partial charge in [0.15, 0.2) is 5.58 Å². The first-order valence-corrected chi connectivity index (χ1v) is 9.77. The smallest absolute Gasteiger partial charge is 0.298 e. The highest BCUT2D eigenvalue weighted by Gasteiger charge is 2.30. The molecule has 0 radical (unpaired) electrons. The minimum absolute atomic E-state index is 0.272. The van der Waals surface area contributed by atoms with Crippen LogP contribution in [0.25, 0.3) is 11.1 Å². The van der Waals surface area contributed by atoms with Crippen LogP contribution in [0.15, 0.2) is 57.8 Å². The average Bonchev–Trinajstić information content (AvgIpc) is 3.12. The van der Waals surface area contributed by atoms with Gasteiger partial charge in [0.05, 0.1) is 12.0 Å². The SMILES string of the molecule is COc1ccc(S(=O)(=O)N2CCN(c3nc4ccccc4o3)CC2)cc1. The van der Waals surface area contributed by atoms with Crippen molar-refractivity contribution >= 4 is 27.1 Å². The number of ether oxygens (including phenoxy) is 1.